The molecule has 0 amide bonds. The molecule has 29 heavy (non-hydrogen) atoms. The number of nitrogens with zero attached hydrogens (tertiary/aromatic N) is 1. The summed E-state index contributed by atoms with van der Waals surface area (Å²) in [5, 5.41) is 14.0. The average Bonchev–Trinajstić information content (AvgIpc) is 2.74. The van der Waals surface area contributed by atoms with Crippen LogP contribution in [-0.4, -0.2) is 17.9 Å². The third kappa shape index (κ3) is 4.21. The van der Waals surface area contributed by atoms with Gasteiger partial charge in [-0.1, -0.05) is 64.0 Å². The molecule has 148 valence electrons. The maximum absolute atomic E-state index is 10.4. The van der Waals surface area contributed by atoms with Crippen molar-refractivity contribution in [1.82, 2.24) is 5.32 Å². The predicted octanol–water partition coefficient (Wildman–Crippen LogP) is 5.69. The van der Waals surface area contributed by atoms with Gasteiger partial charge in [0.1, 0.15) is 17.7 Å². The Morgan fingerprint density at radius 3 is 2.52 bits per heavy atom. The Labute approximate surface area is 179 Å². The van der Waals surface area contributed by atoms with E-state index in [4.69, 9.17) is 9.73 Å². The van der Waals surface area contributed by atoms with Crippen LogP contribution in [0.3, 0.4) is 0 Å². The summed E-state index contributed by atoms with van der Waals surface area (Å²) in [5.74, 6) is 1.06. The smallest absolute Gasteiger partial charge is 0.130 e. The SMILES string of the molecule is COc1ccc(Br)cc1[C@H]1N=C(c2ccc(C)cc2)C[C@@H](c2ccccc2O)N1. The Bertz CT molecular complexity index is 1050. The van der Waals surface area contributed by atoms with Crippen molar-refractivity contribution >= 4 is 21.6 Å². The van der Waals surface area contributed by atoms with Crippen LogP contribution in [0.15, 0.2) is 76.2 Å². The van der Waals surface area contributed by atoms with Gasteiger partial charge in [-0.05, 0) is 36.8 Å². The molecular weight excluding hydrogens is 428 g/mol. The highest BCUT2D eigenvalue weighted by molar-refractivity contribution is 9.10. The van der Waals surface area contributed by atoms with E-state index in [2.05, 4.69) is 52.4 Å². The van der Waals surface area contributed by atoms with Gasteiger partial charge in [0.25, 0.3) is 0 Å². The van der Waals surface area contributed by atoms with E-state index in [9.17, 15) is 5.11 Å². The molecule has 0 saturated heterocycles. The Balaban J connectivity index is 1.80. The number of hydrogen-bond acceptors (Lipinski definition) is 4. The van der Waals surface area contributed by atoms with Gasteiger partial charge in [0.15, 0.2) is 0 Å². The molecule has 2 atom stereocenters. The molecule has 1 aliphatic heterocycles. The van der Waals surface area contributed by atoms with Gasteiger partial charge in [-0.15, -0.1) is 0 Å². The van der Waals surface area contributed by atoms with E-state index in [1.165, 1.54) is 5.56 Å². The molecule has 0 aromatic heterocycles. The van der Waals surface area contributed by atoms with Gasteiger partial charge < -0.3 is 9.84 Å². The van der Waals surface area contributed by atoms with Gasteiger partial charge in [0.05, 0.1) is 7.11 Å². The van der Waals surface area contributed by atoms with Crippen LogP contribution in [-0.2, 0) is 0 Å². The summed E-state index contributed by atoms with van der Waals surface area (Å²) < 4.78 is 6.56. The second-order valence-electron chi connectivity index (χ2n) is 7.21. The Kier molecular flexibility index (Phi) is 5.69. The maximum atomic E-state index is 10.4. The normalized spacial score (nSPS) is 18.9. The molecule has 4 nitrogen and oxygen atoms in total. The first-order valence-electron chi connectivity index (χ1n) is 9.56. The van der Waals surface area contributed by atoms with Crippen molar-refractivity contribution < 1.29 is 9.84 Å². The lowest BCUT2D eigenvalue weighted by molar-refractivity contribution is 0.381. The van der Waals surface area contributed by atoms with E-state index in [0.717, 1.165) is 32.6 Å². The third-order valence-corrected chi connectivity index (χ3v) is 5.72. The van der Waals surface area contributed by atoms with Gasteiger partial charge >= 0.3 is 0 Å². The minimum absolute atomic E-state index is 0.0707. The van der Waals surface area contributed by atoms with Crippen LogP contribution < -0.4 is 10.1 Å². The van der Waals surface area contributed by atoms with E-state index >= 15 is 0 Å². The quantitative estimate of drug-likeness (QED) is 0.536. The van der Waals surface area contributed by atoms with Gasteiger partial charge in [-0.25, -0.2) is 0 Å². The summed E-state index contributed by atoms with van der Waals surface area (Å²) in [6.07, 6.45) is 0.394. The van der Waals surface area contributed by atoms with Crippen molar-refractivity contribution in [3.05, 3.63) is 93.5 Å². The minimum Gasteiger partial charge on any atom is -0.508 e. The van der Waals surface area contributed by atoms with Crippen molar-refractivity contribution in [2.75, 3.05) is 7.11 Å². The molecule has 1 heterocycles. The summed E-state index contributed by atoms with van der Waals surface area (Å²) in [4.78, 5) is 5.03. The number of halogens is 1. The van der Waals surface area contributed by atoms with Crippen LogP contribution in [0.2, 0.25) is 0 Å². The molecule has 1 aliphatic rings. The lowest BCUT2D eigenvalue weighted by Crippen LogP contribution is -2.33. The lowest BCUT2D eigenvalue weighted by atomic mass is 9.93. The van der Waals surface area contributed by atoms with E-state index in [1.807, 2.05) is 36.4 Å². The molecule has 2 N–H and O–H groups in total. The molecule has 0 saturated carbocycles. The van der Waals surface area contributed by atoms with E-state index < -0.39 is 0 Å². The zero-order valence-corrected chi connectivity index (χ0v) is 18.0. The largest absolute Gasteiger partial charge is 0.508 e. The minimum atomic E-state index is -0.294. The highest BCUT2D eigenvalue weighted by Gasteiger charge is 2.29. The number of para-hydroxylation sites is 1. The molecule has 0 fully saturated rings. The molecule has 4 rings (SSSR count). The molecule has 0 spiro atoms. The van der Waals surface area contributed by atoms with Crippen LogP contribution in [0.5, 0.6) is 11.5 Å². The number of phenols is 1. The van der Waals surface area contributed by atoms with Crippen molar-refractivity contribution in [2.24, 2.45) is 4.99 Å². The summed E-state index contributed by atoms with van der Waals surface area (Å²) in [7, 11) is 1.67. The fraction of sp³-hybridized carbons (Fsp3) is 0.208. The topological polar surface area (TPSA) is 53.9 Å². The number of nitrogens with one attached hydrogen (secondary N) is 1. The molecule has 5 heteroatoms. The summed E-state index contributed by atoms with van der Waals surface area (Å²) in [6, 6.07) is 21.7. The Morgan fingerprint density at radius 1 is 1.03 bits per heavy atom. The van der Waals surface area contributed by atoms with Gasteiger partial charge in [-0.3, -0.25) is 10.3 Å². The molecule has 0 bridgehead atoms. The summed E-state index contributed by atoms with van der Waals surface area (Å²) >= 11 is 3.56. The number of rotatable bonds is 4. The van der Waals surface area contributed by atoms with Crippen LogP contribution in [0.25, 0.3) is 0 Å². The van der Waals surface area contributed by atoms with Crippen LogP contribution in [0, 0.1) is 6.92 Å². The first-order chi connectivity index (χ1) is 14.0. The molecule has 3 aromatic carbocycles. The summed E-state index contributed by atoms with van der Waals surface area (Å²) in [6.45, 7) is 2.08. The number of methoxy groups -OCH3 is 1. The zero-order valence-electron chi connectivity index (χ0n) is 16.4. The molecule has 0 aliphatic carbocycles. The maximum Gasteiger partial charge on any atom is 0.130 e. The second-order valence-corrected chi connectivity index (χ2v) is 8.13. The number of aromatic hydroxyl groups is 1. The van der Waals surface area contributed by atoms with Gasteiger partial charge in [0, 0.05) is 33.8 Å². The van der Waals surface area contributed by atoms with Crippen molar-refractivity contribution in [1.29, 1.82) is 0 Å². The van der Waals surface area contributed by atoms with E-state index in [-0.39, 0.29) is 18.0 Å². The van der Waals surface area contributed by atoms with Crippen molar-refractivity contribution in [2.45, 2.75) is 25.6 Å². The monoisotopic (exact) mass is 450 g/mol. The number of ether oxygens (including phenoxy) is 1. The van der Waals surface area contributed by atoms with Gasteiger partial charge in [-0.2, -0.15) is 0 Å². The fourth-order valence-electron chi connectivity index (χ4n) is 3.69. The number of phenolic OH excluding ortho intramolecular Hbond substituents is 1. The predicted molar refractivity (Wildman–Crippen MR) is 120 cm³/mol. The van der Waals surface area contributed by atoms with Crippen LogP contribution >= 0.6 is 15.9 Å². The molecular formula is C24H23BrN2O2. The number of benzene rings is 3. The standard InChI is InChI=1S/C24H23BrN2O2/c1-15-7-9-16(10-8-15)20-14-21(18-5-3-4-6-22(18)28)27-24(26-20)19-13-17(25)11-12-23(19)29-2/h3-13,21,24,27-28H,14H2,1-2H3/t21-,24-/m0/s1. The molecule has 3 aromatic rings. The second kappa shape index (κ2) is 8.39. The number of aryl methyl sites for hydroxylation is 1. The number of hydrogen-bond donors (Lipinski definition) is 2. The Morgan fingerprint density at radius 2 is 1.79 bits per heavy atom. The number of aliphatic imine (C=N–C) groups is 1. The molecule has 0 radical (unpaired) electrons. The van der Waals surface area contributed by atoms with Crippen molar-refractivity contribution in [3.63, 3.8) is 0 Å². The average molecular weight is 451 g/mol. The highest BCUT2D eigenvalue weighted by atomic mass is 79.9. The first kappa shape index (κ1) is 19.7. The van der Waals surface area contributed by atoms with Crippen LogP contribution in [0.1, 0.15) is 40.9 Å². The third-order valence-electron chi connectivity index (χ3n) is 5.22. The fourth-order valence-corrected chi connectivity index (χ4v) is 4.07. The van der Waals surface area contributed by atoms with E-state index in [0.29, 0.717) is 6.42 Å². The van der Waals surface area contributed by atoms with Gasteiger partial charge in [0.2, 0.25) is 0 Å². The molecule has 0 unspecified atom stereocenters. The highest BCUT2D eigenvalue weighted by Crippen LogP contribution is 2.37. The summed E-state index contributed by atoms with van der Waals surface area (Å²) in [5.41, 5.74) is 5.13. The lowest BCUT2D eigenvalue weighted by Gasteiger charge is -2.31. The zero-order chi connectivity index (χ0) is 20.4. The Hall–Kier alpha value is -2.63. The van der Waals surface area contributed by atoms with Crippen molar-refractivity contribution in [3.8, 4) is 11.5 Å². The van der Waals surface area contributed by atoms with Crippen LogP contribution in [0.4, 0.5) is 0 Å². The first-order valence-corrected chi connectivity index (χ1v) is 10.4. The van der Waals surface area contributed by atoms with E-state index in [1.54, 1.807) is 13.2 Å².